The number of benzene rings is 2. The number of aromatic hydroxyl groups is 1. The topological polar surface area (TPSA) is 191 Å². The van der Waals surface area contributed by atoms with E-state index in [-0.39, 0.29) is 29.7 Å². The normalized spacial score (nSPS) is 26.0. The molecule has 11 heteroatoms. The van der Waals surface area contributed by atoms with Crippen LogP contribution in [0.5, 0.6) is 5.75 Å². The molecule has 210 valence electrons. The van der Waals surface area contributed by atoms with Gasteiger partial charge >= 0.3 is 0 Å². The Morgan fingerprint density at radius 1 is 1.05 bits per heavy atom. The lowest BCUT2D eigenvalue weighted by molar-refractivity contribution is -0.148. The lowest BCUT2D eigenvalue weighted by Crippen LogP contribution is -2.63. The first-order valence-electron chi connectivity index (χ1n) is 12.8. The third-order valence-electron chi connectivity index (χ3n) is 8.45. The Kier molecular flexibility index (Phi) is 6.20. The molecule has 5 rings (SSSR count). The molecule has 0 aliphatic heterocycles. The van der Waals surface area contributed by atoms with E-state index < -0.39 is 63.8 Å². The number of aliphatic hydroxyl groups excluding tert-OH is 2. The van der Waals surface area contributed by atoms with Crippen molar-refractivity contribution in [1.82, 2.24) is 4.90 Å². The molecule has 11 nitrogen and oxygen atoms in total. The molecule has 0 bridgehead atoms. The number of nitrogen functional groups attached to an aromatic ring is 1. The third kappa shape index (κ3) is 3.61. The Morgan fingerprint density at radius 3 is 2.23 bits per heavy atom. The highest BCUT2D eigenvalue weighted by Gasteiger charge is 2.63. The standard InChI is InChI=1S/C29H32N4O7/c1-32(2)14-7-5-12(6-8-14)15-11-18(30)23(34)20-16(15)9-13-10-17-22(33(3)4)25(36)21(28(31)39)27(38)29(17,40)26(37)19(13)24(20)35/h5-8,11,13,17,22,34,36-37,40H,9-10,30H2,1-4H3,(H2,31,39)/t13-,17-,22-,29-/m0/s1. The number of amides is 1. The number of phenols is 1. The fourth-order valence-corrected chi connectivity index (χ4v) is 6.54. The summed E-state index contributed by atoms with van der Waals surface area (Å²) in [6, 6.07) is 8.13. The smallest absolute Gasteiger partial charge is 0.255 e. The second-order valence-corrected chi connectivity index (χ2v) is 11.1. The molecule has 0 unspecified atom stereocenters. The van der Waals surface area contributed by atoms with Crippen molar-refractivity contribution in [3.05, 3.63) is 64.1 Å². The summed E-state index contributed by atoms with van der Waals surface area (Å²) in [7, 11) is 7.00. The molecule has 8 N–H and O–H groups in total. The van der Waals surface area contributed by atoms with Crippen LogP contribution in [0, 0.1) is 11.8 Å². The number of hydrogen-bond donors (Lipinski definition) is 6. The minimum Gasteiger partial charge on any atom is -0.510 e. The molecule has 0 spiro atoms. The van der Waals surface area contributed by atoms with Gasteiger partial charge in [-0.25, -0.2) is 0 Å². The summed E-state index contributed by atoms with van der Waals surface area (Å²) in [5, 5.41) is 45.0. The second kappa shape index (κ2) is 9.10. The minimum atomic E-state index is -2.69. The van der Waals surface area contributed by atoms with Crippen LogP contribution in [0.25, 0.3) is 11.1 Å². The number of anilines is 2. The SMILES string of the molecule is CN(C)c1ccc(-c2cc(N)c(O)c3c2C[C@H]2C[C@H]4[C@H](N(C)C)C(O)=C(C(N)=O)C(=O)[C@@]4(O)C(O)=C2C3=O)cc1. The van der Waals surface area contributed by atoms with Crippen LogP contribution < -0.4 is 16.4 Å². The quantitative estimate of drug-likeness (QED) is 0.185. The Hall–Kier alpha value is -4.35. The lowest BCUT2D eigenvalue weighted by atomic mass is 9.58. The first-order chi connectivity index (χ1) is 18.7. The van der Waals surface area contributed by atoms with Gasteiger partial charge in [-0.3, -0.25) is 19.3 Å². The highest BCUT2D eigenvalue weighted by atomic mass is 16.3. The van der Waals surface area contributed by atoms with E-state index in [9.17, 15) is 34.8 Å². The number of nitrogens with zero attached hydrogens (tertiary/aromatic N) is 2. The first kappa shape index (κ1) is 27.2. The van der Waals surface area contributed by atoms with Gasteiger partial charge in [0.15, 0.2) is 11.4 Å². The highest BCUT2D eigenvalue weighted by molar-refractivity contribution is 6.25. The number of hydrogen-bond acceptors (Lipinski definition) is 10. The van der Waals surface area contributed by atoms with Gasteiger partial charge in [-0.1, -0.05) is 12.1 Å². The second-order valence-electron chi connectivity index (χ2n) is 11.1. The van der Waals surface area contributed by atoms with Crippen molar-refractivity contribution < 1.29 is 34.8 Å². The van der Waals surface area contributed by atoms with E-state index in [1.54, 1.807) is 20.2 Å². The molecule has 3 aliphatic rings. The molecular formula is C29H32N4O7. The number of allylic oxidation sites excluding steroid dienone is 1. The minimum absolute atomic E-state index is 0.00983. The van der Waals surface area contributed by atoms with Crippen molar-refractivity contribution in [2.75, 3.05) is 38.8 Å². The fraction of sp³-hybridized carbons (Fsp3) is 0.345. The van der Waals surface area contributed by atoms with Crippen molar-refractivity contribution in [2.24, 2.45) is 17.6 Å². The van der Waals surface area contributed by atoms with Crippen LogP contribution in [0.4, 0.5) is 11.4 Å². The number of rotatable bonds is 4. The van der Waals surface area contributed by atoms with E-state index in [4.69, 9.17) is 11.5 Å². The van der Waals surface area contributed by atoms with Gasteiger partial charge in [0.2, 0.25) is 5.78 Å². The zero-order chi connectivity index (χ0) is 29.4. The number of primary amides is 1. The van der Waals surface area contributed by atoms with Crippen LogP contribution in [0.15, 0.2) is 53.0 Å². The van der Waals surface area contributed by atoms with Crippen molar-refractivity contribution in [2.45, 2.75) is 24.5 Å². The molecule has 0 saturated heterocycles. The molecule has 3 aliphatic carbocycles. The molecule has 4 atom stereocenters. The summed E-state index contributed by atoms with van der Waals surface area (Å²) in [5.41, 5.74) is 10.4. The van der Waals surface area contributed by atoms with Crippen LogP contribution >= 0.6 is 0 Å². The molecule has 1 amide bonds. The number of fused-ring (bicyclic) bond motifs is 3. The van der Waals surface area contributed by atoms with Gasteiger partial charge in [0, 0.05) is 31.3 Å². The van der Waals surface area contributed by atoms with Crippen molar-refractivity contribution in [1.29, 1.82) is 0 Å². The summed E-state index contributed by atoms with van der Waals surface area (Å²) in [4.78, 5) is 42.9. The van der Waals surface area contributed by atoms with Crippen LogP contribution in [0.3, 0.4) is 0 Å². The number of nitrogens with two attached hydrogens (primary N) is 2. The van der Waals surface area contributed by atoms with Gasteiger partial charge in [0.05, 0.1) is 17.3 Å². The summed E-state index contributed by atoms with van der Waals surface area (Å²) in [5.74, 6) is -7.07. The molecule has 0 aromatic heterocycles. The molecule has 0 heterocycles. The van der Waals surface area contributed by atoms with Crippen molar-refractivity contribution in [3.63, 3.8) is 0 Å². The third-order valence-corrected chi connectivity index (χ3v) is 8.45. The molecule has 2 aromatic carbocycles. The lowest BCUT2D eigenvalue weighted by Gasteiger charge is -2.50. The Balaban J connectivity index is 1.72. The number of carbonyl (C=O) groups is 3. The first-order valence-corrected chi connectivity index (χ1v) is 12.8. The summed E-state index contributed by atoms with van der Waals surface area (Å²) in [6.45, 7) is 0. The maximum absolute atomic E-state index is 14.0. The van der Waals surface area contributed by atoms with Gasteiger partial charge in [-0.2, -0.15) is 0 Å². The molecule has 0 fully saturated rings. The van der Waals surface area contributed by atoms with E-state index >= 15 is 0 Å². The number of phenolic OH excluding ortho intramolecular Hbond substituents is 1. The largest absolute Gasteiger partial charge is 0.510 e. The Morgan fingerprint density at radius 2 is 1.68 bits per heavy atom. The predicted molar refractivity (Wildman–Crippen MR) is 148 cm³/mol. The van der Waals surface area contributed by atoms with Gasteiger partial charge in [0.1, 0.15) is 22.8 Å². The summed E-state index contributed by atoms with van der Waals surface area (Å²) in [6.07, 6.45) is 0.184. The van der Waals surface area contributed by atoms with E-state index in [0.29, 0.717) is 11.1 Å². The number of aliphatic hydroxyl groups is 3. The highest BCUT2D eigenvalue weighted by Crippen LogP contribution is 2.53. The average molecular weight is 549 g/mol. The number of carbonyl (C=O) groups excluding carboxylic acids is 3. The Bertz CT molecular complexity index is 1540. The summed E-state index contributed by atoms with van der Waals surface area (Å²) < 4.78 is 0. The molecule has 2 aromatic rings. The number of ketones is 2. The van der Waals surface area contributed by atoms with Crippen LogP contribution in [-0.2, 0) is 16.0 Å². The number of likely N-dealkylation sites (N-methyl/N-ethyl adjacent to an activating group) is 1. The number of Topliss-reactive ketones (excluding diaryl/α,β-unsaturated/α-hetero) is 2. The average Bonchev–Trinajstić information content (AvgIpc) is 2.88. The Labute approximate surface area is 230 Å². The van der Waals surface area contributed by atoms with Crippen LogP contribution in [0.2, 0.25) is 0 Å². The van der Waals surface area contributed by atoms with Crippen LogP contribution in [-0.4, -0.2) is 82.6 Å². The van der Waals surface area contributed by atoms with E-state index in [0.717, 1.165) is 11.3 Å². The summed E-state index contributed by atoms with van der Waals surface area (Å²) >= 11 is 0. The molecular weight excluding hydrogens is 516 g/mol. The monoisotopic (exact) mass is 548 g/mol. The van der Waals surface area contributed by atoms with E-state index in [2.05, 4.69) is 0 Å². The molecule has 0 saturated carbocycles. The van der Waals surface area contributed by atoms with Gasteiger partial charge < -0.3 is 36.8 Å². The maximum Gasteiger partial charge on any atom is 0.255 e. The van der Waals surface area contributed by atoms with Crippen LogP contribution in [0.1, 0.15) is 22.3 Å². The van der Waals surface area contributed by atoms with Crippen molar-refractivity contribution >= 4 is 28.8 Å². The zero-order valence-corrected chi connectivity index (χ0v) is 22.6. The zero-order valence-electron chi connectivity index (χ0n) is 22.6. The predicted octanol–water partition coefficient (Wildman–Crippen LogP) is 1.44. The molecule has 40 heavy (non-hydrogen) atoms. The van der Waals surface area contributed by atoms with Crippen molar-refractivity contribution in [3.8, 4) is 16.9 Å². The van der Waals surface area contributed by atoms with Gasteiger partial charge in [0.25, 0.3) is 5.91 Å². The van der Waals surface area contributed by atoms with Gasteiger partial charge in [-0.15, -0.1) is 0 Å². The van der Waals surface area contributed by atoms with E-state index in [1.807, 2.05) is 43.3 Å². The molecule has 0 radical (unpaired) electrons. The fourth-order valence-electron chi connectivity index (χ4n) is 6.54. The van der Waals surface area contributed by atoms with Gasteiger partial charge in [-0.05, 0) is 67.7 Å². The maximum atomic E-state index is 14.0. The van der Waals surface area contributed by atoms with E-state index in [1.165, 1.54) is 4.90 Å².